The first-order chi connectivity index (χ1) is 5.41. The second-order valence-corrected chi connectivity index (χ2v) is 43.7. The molecular formula is C10H28PbSi2. The third kappa shape index (κ3) is 9.66. The van der Waals surface area contributed by atoms with Gasteiger partial charge in [-0.1, -0.05) is 0 Å². The molecule has 0 heterocycles. The van der Waals surface area contributed by atoms with Gasteiger partial charge in [-0.2, -0.15) is 0 Å². The first-order valence-electron chi connectivity index (χ1n) is 5.41. The van der Waals surface area contributed by atoms with Crippen molar-refractivity contribution in [3.8, 4) is 0 Å². The van der Waals surface area contributed by atoms with Gasteiger partial charge in [-0.15, -0.1) is 0 Å². The Morgan fingerprint density at radius 3 is 1.08 bits per heavy atom. The van der Waals surface area contributed by atoms with Gasteiger partial charge in [-0.25, -0.2) is 0 Å². The summed E-state index contributed by atoms with van der Waals surface area (Å²) in [5.74, 6) is 0. The van der Waals surface area contributed by atoms with Gasteiger partial charge in [0.15, 0.2) is 0 Å². The van der Waals surface area contributed by atoms with Gasteiger partial charge in [0.1, 0.15) is 0 Å². The van der Waals surface area contributed by atoms with Gasteiger partial charge in [-0.3, -0.25) is 0 Å². The fraction of sp³-hybridized carbons (Fsp3) is 1.00. The molecule has 0 saturated heterocycles. The Labute approximate surface area is 92.2 Å². The predicted octanol–water partition coefficient (Wildman–Crippen LogP) is 4.45. The Bertz CT molecular complexity index is 145. The summed E-state index contributed by atoms with van der Waals surface area (Å²) < 4.78 is 8.77. The molecule has 0 N–H and O–H groups in total. The summed E-state index contributed by atoms with van der Waals surface area (Å²) in [5, 5.41) is 0. The minimum absolute atomic E-state index is 0.771. The van der Waals surface area contributed by atoms with Gasteiger partial charge in [0.05, 0.1) is 0 Å². The van der Waals surface area contributed by atoms with E-state index >= 15 is 0 Å². The molecule has 0 aliphatic carbocycles. The van der Waals surface area contributed by atoms with Crippen molar-refractivity contribution >= 4 is 37.3 Å². The summed E-state index contributed by atoms with van der Waals surface area (Å²) in [4.78, 5) is 0. The number of hydrogen-bond donors (Lipinski definition) is 0. The Balaban J connectivity index is 4.25. The van der Waals surface area contributed by atoms with Crippen LogP contribution in [0.15, 0.2) is 0 Å². The third-order valence-electron chi connectivity index (χ3n) is 2.02. The zero-order valence-electron chi connectivity index (χ0n) is 10.9. The number of hydrogen-bond acceptors (Lipinski definition) is 0. The molecule has 0 nitrogen and oxygen atoms in total. The molecule has 13 heavy (non-hydrogen) atoms. The molecule has 0 aromatic heterocycles. The molecule has 0 atom stereocenters. The van der Waals surface area contributed by atoms with E-state index in [1.165, 1.54) is 0 Å². The van der Waals surface area contributed by atoms with E-state index in [9.17, 15) is 0 Å². The molecule has 0 saturated carbocycles. The van der Waals surface area contributed by atoms with Crippen molar-refractivity contribution in [1.82, 2.24) is 0 Å². The first-order valence-corrected chi connectivity index (χ1v) is 26.1. The molecule has 0 aromatic rings. The van der Waals surface area contributed by atoms with Crippen molar-refractivity contribution in [3.63, 3.8) is 0 Å². The van der Waals surface area contributed by atoms with Crippen molar-refractivity contribution < 1.29 is 0 Å². The summed E-state index contributed by atoms with van der Waals surface area (Å²) in [5.41, 5.74) is 0. The monoisotopic (exact) mass is 412 g/mol. The van der Waals surface area contributed by atoms with E-state index in [1.807, 2.05) is 0 Å². The maximum absolute atomic E-state index is 2.68. The molecule has 0 fully saturated rings. The van der Waals surface area contributed by atoms with E-state index in [0.29, 0.717) is 0 Å². The van der Waals surface area contributed by atoms with Crippen LogP contribution in [0.4, 0.5) is 0 Å². The molecule has 0 radical (unpaired) electrons. The van der Waals surface area contributed by atoms with Crippen LogP contribution in [0.3, 0.4) is 0 Å². The van der Waals surface area contributed by atoms with Crippen molar-refractivity contribution in [1.29, 1.82) is 0 Å². The minimum atomic E-state index is -1.72. The van der Waals surface area contributed by atoms with Crippen molar-refractivity contribution in [2.45, 2.75) is 55.5 Å². The van der Waals surface area contributed by atoms with E-state index in [2.05, 4.69) is 48.2 Å². The molecule has 0 rings (SSSR count). The molecule has 0 aromatic carbocycles. The summed E-state index contributed by atoms with van der Waals surface area (Å²) in [6.07, 6.45) is 0. The zero-order chi connectivity index (χ0) is 10.9. The van der Waals surface area contributed by atoms with Crippen LogP contribution < -0.4 is 0 Å². The topological polar surface area (TPSA) is 0 Å². The molecule has 0 aliphatic heterocycles. The van der Waals surface area contributed by atoms with Gasteiger partial charge in [-0.05, 0) is 0 Å². The van der Waals surface area contributed by atoms with Crippen LogP contribution in [-0.2, 0) is 0 Å². The van der Waals surface area contributed by atoms with E-state index in [0.717, 1.165) is 0 Å². The van der Waals surface area contributed by atoms with Gasteiger partial charge in [0.25, 0.3) is 0 Å². The molecule has 0 amide bonds. The van der Waals surface area contributed by atoms with Crippen molar-refractivity contribution in [3.05, 3.63) is 0 Å². The normalized spacial score (nSPS) is 14.8. The fourth-order valence-electron chi connectivity index (χ4n) is 2.93. The Morgan fingerprint density at radius 1 is 0.692 bits per heavy atom. The Morgan fingerprint density at radius 2 is 0.923 bits per heavy atom. The molecule has 0 bridgehead atoms. The quantitative estimate of drug-likeness (QED) is 0.600. The molecule has 0 spiro atoms. The SMILES string of the molecule is C[Si](C)(C)[CH2][Pb]([CH3])([CH3])[CH2][Si](C)(C)C. The Kier molecular flexibility index (Phi) is 4.94. The Hall–Kier alpha value is 1.36. The van der Waals surface area contributed by atoms with Gasteiger partial charge in [0.2, 0.25) is 0 Å². The van der Waals surface area contributed by atoms with Crippen LogP contribution >= 0.6 is 0 Å². The van der Waals surface area contributed by atoms with Crippen LogP contribution in [0, 0.1) is 0 Å². The standard InChI is InChI=1S/2C4H11Si.2CH3.Pb/c2*1-5(2,3)4;;;/h2*1H2,2-4H3;2*1H3;. The van der Waals surface area contributed by atoms with Crippen LogP contribution in [0.25, 0.3) is 0 Å². The molecule has 0 aliphatic rings. The fourth-order valence-corrected chi connectivity index (χ4v) is 80.5. The second kappa shape index (κ2) is 4.47. The third-order valence-corrected chi connectivity index (χ3v) is 53.1. The zero-order valence-corrected chi connectivity index (χ0v) is 16.8. The van der Waals surface area contributed by atoms with Gasteiger partial charge in [0, 0.05) is 0 Å². The van der Waals surface area contributed by atoms with E-state index in [-0.39, 0.29) is 0 Å². The first kappa shape index (κ1) is 14.4. The summed E-state index contributed by atoms with van der Waals surface area (Å²) in [7, 11) is -1.54. The number of rotatable bonds is 4. The summed E-state index contributed by atoms with van der Waals surface area (Å²) in [6.45, 7) is 15.2. The predicted molar refractivity (Wildman–Crippen MR) is 73.8 cm³/mol. The molecule has 80 valence electrons. The maximum atomic E-state index is 2.68. The summed E-state index contributed by atoms with van der Waals surface area (Å²) in [6, 6.07) is 0. The molecular weight excluding hydrogens is 383 g/mol. The molecule has 0 unspecified atom stereocenters. The van der Waals surface area contributed by atoms with Gasteiger partial charge < -0.3 is 0 Å². The average Bonchev–Trinajstić information content (AvgIpc) is 1.43. The van der Waals surface area contributed by atoms with E-state index in [1.54, 1.807) is 7.21 Å². The van der Waals surface area contributed by atoms with Crippen molar-refractivity contribution in [2.75, 3.05) is 0 Å². The van der Waals surface area contributed by atoms with Crippen LogP contribution in [0.2, 0.25) is 55.5 Å². The van der Waals surface area contributed by atoms with Crippen LogP contribution in [0.1, 0.15) is 0 Å². The van der Waals surface area contributed by atoms with E-state index in [4.69, 9.17) is 0 Å². The second-order valence-electron chi connectivity index (χ2n) is 7.64. The van der Waals surface area contributed by atoms with E-state index < -0.39 is 37.3 Å². The van der Waals surface area contributed by atoms with Crippen LogP contribution in [-0.4, -0.2) is 37.3 Å². The average molecular weight is 412 g/mol. The van der Waals surface area contributed by atoms with Crippen LogP contribution in [0.5, 0.6) is 0 Å². The van der Waals surface area contributed by atoms with Gasteiger partial charge >= 0.3 is 92.8 Å². The summed E-state index contributed by atoms with van der Waals surface area (Å²) >= 11 is -1.72. The molecule has 3 heteroatoms. The van der Waals surface area contributed by atoms with Crippen molar-refractivity contribution in [2.24, 2.45) is 0 Å².